The van der Waals surface area contributed by atoms with Crippen LogP contribution in [0.4, 0.5) is 4.79 Å². The summed E-state index contributed by atoms with van der Waals surface area (Å²) >= 11 is 0. The van der Waals surface area contributed by atoms with Gasteiger partial charge >= 0.3 is 6.09 Å². The Kier molecular flexibility index (Phi) is 4.79. The smallest absolute Gasteiger partial charge is 0.409 e. The number of amides is 2. The second kappa shape index (κ2) is 7.16. The third kappa shape index (κ3) is 3.40. The maximum Gasteiger partial charge on any atom is 0.409 e. The zero-order valence-electron chi connectivity index (χ0n) is 13.6. The first-order valence-electron chi connectivity index (χ1n) is 7.98. The van der Waals surface area contributed by atoms with Gasteiger partial charge in [0, 0.05) is 49.8 Å². The van der Waals surface area contributed by atoms with Crippen molar-refractivity contribution in [1.82, 2.24) is 19.4 Å². The minimum atomic E-state index is -0.311. The fraction of sp³-hybridized carbons (Fsp3) is 0.353. The molecule has 1 aliphatic rings. The number of hydrogen-bond acceptors (Lipinski definition) is 4. The molecular weight excluding hydrogens is 308 g/mol. The Morgan fingerprint density at radius 1 is 1.08 bits per heavy atom. The van der Waals surface area contributed by atoms with Gasteiger partial charge in [-0.3, -0.25) is 4.79 Å². The van der Waals surface area contributed by atoms with Gasteiger partial charge in [-0.15, -0.1) is 0 Å². The number of hydrogen-bond donors (Lipinski definition) is 0. The lowest BCUT2D eigenvalue weighted by atomic mass is 10.1. The summed E-state index contributed by atoms with van der Waals surface area (Å²) in [6.07, 6.45) is 4.97. The fourth-order valence-electron chi connectivity index (χ4n) is 2.68. The number of benzene rings is 1. The largest absolute Gasteiger partial charge is 0.450 e. The molecule has 0 aliphatic carbocycles. The quantitative estimate of drug-likeness (QED) is 0.861. The lowest BCUT2D eigenvalue weighted by molar-refractivity contribution is 0.0570. The molecule has 126 valence electrons. The monoisotopic (exact) mass is 328 g/mol. The Labute approximate surface area is 140 Å². The standard InChI is InChI=1S/C17H20N4O3/c1-2-24-17(23)20-11-9-19(10-12-20)16(22)14-3-5-15(6-4-14)21-8-7-18-13-21/h3-8,13H,2,9-12H2,1H3. The fourth-order valence-corrected chi connectivity index (χ4v) is 2.68. The maximum absolute atomic E-state index is 12.6. The second-order valence-corrected chi connectivity index (χ2v) is 5.49. The highest BCUT2D eigenvalue weighted by molar-refractivity contribution is 5.94. The number of aromatic nitrogens is 2. The van der Waals surface area contributed by atoms with Crippen LogP contribution in [0.2, 0.25) is 0 Å². The first-order chi connectivity index (χ1) is 11.7. The molecule has 7 heteroatoms. The van der Waals surface area contributed by atoms with Crippen molar-refractivity contribution in [3.63, 3.8) is 0 Å². The van der Waals surface area contributed by atoms with E-state index in [0.717, 1.165) is 5.69 Å². The highest BCUT2D eigenvalue weighted by atomic mass is 16.6. The van der Waals surface area contributed by atoms with Crippen molar-refractivity contribution in [2.24, 2.45) is 0 Å². The number of imidazole rings is 1. The van der Waals surface area contributed by atoms with E-state index >= 15 is 0 Å². The zero-order valence-corrected chi connectivity index (χ0v) is 13.6. The van der Waals surface area contributed by atoms with Crippen molar-refractivity contribution in [2.45, 2.75) is 6.92 Å². The lowest BCUT2D eigenvalue weighted by Crippen LogP contribution is -2.50. The minimum absolute atomic E-state index is 0.0179. The molecule has 2 heterocycles. The van der Waals surface area contributed by atoms with Crippen molar-refractivity contribution in [2.75, 3.05) is 32.8 Å². The number of carbonyl (C=O) groups excluding carboxylic acids is 2. The Bertz CT molecular complexity index is 689. The van der Waals surface area contributed by atoms with Crippen LogP contribution in [0.5, 0.6) is 0 Å². The highest BCUT2D eigenvalue weighted by Crippen LogP contribution is 2.13. The van der Waals surface area contributed by atoms with E-state index in [0.29, 0.717) is 38.3 Å². The van der Waals surface area contributed by atoms with Crippen molar-refractivity contribution in [1.29, 1.82) is 0 Å². The predicted octanol–water partition coefficient (Wildman–Crippen LogP) is 1.79. The number of rotatable bonds is 3. The van der Waals surface area contributed by atoms with Crippen LogP contribution in [0.1, 0.15) is 17.3 Å². The van der Waals surface area contributed by atoms with Crippen LogP contribution in [0.3, 0.4) is 0 Å². The van der Waals surface area contributed by atoms with E-state index in [9.17, 15) is 9.59 Å². The number of ether oxygens (including phenoxy) is 1. The number of nitrogens with zero attached hydrogens (tertiary/aromatic N) is 4. The molecule has 0 saturated carbocycles. The molecule has 2 aromatic rings. The predicted molar refractivity (Wildman–Crippen MR) is 88.1 cm³/mol. The normalized spacial score (nSPS) is 14.5. The zero-order chi connectivity index (χ0) is 16.9. The van der Waals surface area contributed by atoms with Gasteiger partial charge in [-0.2, -0.15) is 0 Å². The molecule has 7 nitrogen and oxygen atoms in total. The van der Waals surface area contributed by atoms with E-state index in [1.807, 2.05) is 35.0 Å². The summed E-state index contributed by atoms with van der Waals surface area (Å²) in [4.78, 5) is 31.7. The van der Waals surface area contributed by atoms with Crippen molar-refractivity contribution in [3.8, 4) is 5.69 Å². The molecule has 0 unspecified atom stereocenters. The Hall–Kier alpha value is -2.83. The number of carbonyl (C=O) groups is 2. The Morgan fingerprint density at radius 3 is 2.33 bits per heavy atom. The van der Waals surface area contributed by atoms with Gasteiger partial charge in [-0.1, -0.05) is 0 Å². The molecule has 3 rings (SSSR count). The molecule has 1 fully saturated rings. The Morgan fingerprint density at radius 2 is 1.75 bits per heavy atom. The third-order valence-corrected chi connectivity index (χ3v) is 4.01. The van der Waals surface area contributed by atoms with Crippen LogP contribution in [-0.2, 0) is 4.74 Å². The van der Waals surface area contributed by atoms with E-state index in [2.05, 4.69) is 4.98 Å². The molecule has 0 spiro atoms. The van der Waals surface area contributed by atoms with Crippen molar-refractivity contribution >= 4 is 12.0 Å². The van der Waals surface area contributed by atoms with Crippen LogP contribution >= 0.6 is 0 Å². The molecular formula is C17H20N4O3. The minimum Gasteiger partial charge on any atom is -0.450 e. The van der Waals surface area contributed by atoms with Crippen LogP contribution in [-0.4, -0.2) is 64.1 Å². The summed E-state index contributed by atoms with van der Waals surface area (Å²) in [5.41, 5.74) is 1.60. The van der Waals surface area contributed by atoms with E-state index in [1.165, 1.54) is 0 Å². The Balaban J connectivity index is 1.60. The van der Waals surface area contributed by atoms with E-state index in [1.54, 1.807) is 29.2 Å². The summed E-state index contributed by atoms with van der Waals surface area (Å²) in [5, 5.41) is 0. The second-order valence-electron chi connectivity index (χ2n) is 5.49. The van der Waals surface area contributed by atoms with Gasteiger partial charge in [-0.25, -0.2) is 9.78 Å². The van der Waals surface area contributed by atoms with Crippen LogP contribution in [0.15, 0.2) is 43.0 Å². The molecule has 0 radical (unpaired) electrons. The molecule has 24 heavy (non-hydrogen) atoms. The topological polar surface area (TPSA) is 67.7 Å². The average Bonchev–Trinajstić information content (AvgIpc) is 3.16. The van der Waals surface area contributed by atoms with Gasteiger partial charge in [0.2, 0.25) is 0 Å². The van der Waals surface area contributed by atoms with Crippen molar-refractivity contribution < 1.29 is 14.3 Å². The molecule has 1 saturated heterocycles. The van der Waals surface area contributed by atoms with Crippen LogP contribution in [0.25, 0.3) is 5.69 Å². The average molecular weight is 328 g/mol. The molecule has 0 atom stereocenters. The summed E-state index contributed by atoms with van der Waals surface area (Å²) in [7, 11) is 0. The van der Waals surface area contributed by atoms with Gasteiger partial charge in [0.1, 0.15) is 0 Å². The highest BCUT2D eigenvalue weighted by Gasteiger charge is 2.25. The van der Waals surface area contributed by atoms with E-state index in [4.69, 9.17) is 4.74 Å². The molecule has 0 bridgehead atoms. The van der Waals surface area contributed by atoms with E-state index < -0.39 is 0 Å². The molecule has 1 aromatic carbocycles. The van der Waals surface area contributed by atoms with Gasteiger partial charge < -0.3 is 19.1 Å². The lowest BCUT2D eigenvalue weighted by Gasteiger charge is -2.34. The van der Waals surface area contributed by atoms with Crippen LogP contribution in [0, 0.1) is 0 Å². The summed E-state index contributed by atoms with van der Waals surface area (Å²) < 4.78 is 6.87. The molecule has 1 aromatic heterocycles. The van der Waals surface area contributed by atoms with Crippen LogP contribution < -0.4 is 0 Å². The van der Waals surface area contributed by atoms with E-state index in [-0.39, 0.29) is 12.0 Å². The van der Waals surface area contributed by atoms with Gasteiger partial charge in [-0.05, 0) is 31.2 Å². The van der Waals surface area contributed by atoms with Gasteiger partial charge in [0.15, 0.2) is 0 Å². The molecule has 0 N–H and O–H groups in total. The summed E-state index contributed by atoms with van der Waals surface area (Å²) in [6.45, 7) is 4.17. The van der Waals surface area contributed by atoms with Crippen molar-refractivity contribution in [3.05, 3.63) is 48.5 Å². The number of piperazine rings is 1. The first kappa shape index (κ1) is 16.0. The van der Waals surface area contributed by atoms with Gasteiger partial charge in [0.05, 0.1) is 12.9 Å². The molecule has 2 amide bonds. The first-order valence-corrected chi connectivity index (χ1v) is 7.98. The SMILES string of the molecule is CCOC(=O)N1CCN(C(=O)c2ccc(-n3ccnc3)cc2)CC1. The van der Waals surface area contributed by atoms with Gasteiger partial charge in [0.25, 0.3) is 5.91 Å². The third-order valence-electron chi connectivity index (χ3n) is 4.01. The summed E-state index contributed by atoms with van der Waals surface area (Å²) in [5.74, 6) is -0.0179. The summed E-state index contributed by atoms with van der Waals surface area (Å²) in [6, 6.07) is 7.42. The molecule has 1 aliphatic heterocycles. The maximum atomic E-state index is 12.6.